The van der Waals surface area contributed by atoms with Gasteiger partial charge in [0.25, 0.3) is 0 Å². The zero-order valence-electron chi connectivity index (χ0n) is 7.50. The van der Waals surface area contributed by atoms with Crippen LogP contribution < -0.4 is 10.6 Å². The summed E-state index contributed by atoms with van der Waals surface area (Å²) in [5.41, 5.74) is 0. The van der Waals surface area contributed by atoms with Gasteiger partial charge in [-0.3, -0.25) is 5.32 Å². The Morgan fingerprint density at radius 3 is 2.83 bits per heavy atom. The van der Waals surface area contributed by atoms with Gasteiger partial charge >= 0.3 is 0 Å². The average molecular weight is 185 g/mol. The van der Waals surface area contributed by atoms with Crippen LogP contribution >= 0.6 is 12.2 Å². The SMILES string of the molecule is C=CCN1C(=S)NC(C)NC1C. The van der Waals surface area contributed by atoms with Gasteiger partial charge in [-0.15, -0.1) is 6.58 Å². The summed E-state index contributed by atoms with van der Waals surface area (Å²) < 4.78 is 0. The molecule has 1 aliphatic heterocycles. The minimum absolute atomic E-state index is 0.258. The van der Waals surface area contributed by atoms with Crippen molar-refractivity contribution in [3.05, 3.63) is 12.7 Å². The average Bonchev–Trinajstić information content (AvgIpc) is 1.96. The molecule has 0 aromatic rings. The molecule has 1 rings (SSSR count). The largest absolute Gasteiger partial charge is 0.347 e. The Morgan fingerprint density at radius 2 is 2.33 bits per heavy atom. The van der Waals surface area contributed by atoms with E-state index in [1.54, 1.807) is 0 Å². The van der Waals surface area contributed by atoms with E-state index in [1.807, 2.05) is 13.0 Å². The highest BCUT2D eigenvalue weighted by Gasteiger charge is 2.23. The molecule has 1 fully saturated rings. The summed E-state index contributed by atoms with van der Waals surface area (Å²) in [6.07, 6.45) is 2.39. The van der Waals surface area contributed by atoms with Crippen molar-refractivity contribution in [2.24, 2.45) is 0 Å². The predicted molar refractivity (Wildman–Crippen MR) is 54.7 cm³/mol. The van der Waals surface area contributed by atoms with Crippen LogP contribution in [0.4, 0.5) is 0 Å². The molecule has 68 valence electrons. The van der Waals surface area contributed by atoms with Crippen molar-refractivity contribution in [3.8, 4) is 0 Å². The van der Waals surface area contributed by atoms with Crippen molar-refractivity contribution in [1.82, 2.24) is 15.5 Å². The van der Waals surface area contributed by atoms with E-state index in [-0.39, 0.29) is 12.3 Å². The first-order chi connectivity index (χ1) is 5.65. The number of thiocarbonyl (C=S) groups is 1. The van der Waals surface area contributed by atoms with Crippen LogP contribution in [-0.2, 0) is 0 Å². The molecule has 3 nitrogen and oxygen atoms in total. The van der Waals surface area contributed by atoms with E-state index in [0.717, 1.165) is 11.7 Å². The van der Waals surface area contributed by atoms with Crippen molar-refractivity contribution in [2.45, 2.75) is 26.2 Å². The normalized spacial score (nSPS) is 29.8. The van der Waals surface area contributed by atoms with E-state index in [4.69, 9.17) is 12.2 Å². The molecule has 0 aromatic heterocycles. The molecule has 12 heavy (non-hydrogen) atoms. The lowest BCUT2D eigenvalue weighted by Gasteiger charge is -2.39. The van der Waals surface area contributed by atoms with Crippen LogP contribution in [0.3, 0.4) is 0 Å². The lowest BCUT2D eigenvalue weighted by molar-refractivity contribution is 0.234. The lowest BCUT2D eigenvalue weighted by Crippen LogP contribution is -2.63. The van der Waals surface area contributed by atoms with Crippen LogP contribution in [0.5, 0.6) is 0 Å². The van der Waals surface area contributed by atoms with Gasteiger partial charge in [0.15, 0.2) is 5.11 Å². The van der Waals surface area contributed by atoms with E-state index < -0.39 is 0 Å². The van der Waals surface area contributed by atoms with E-state index in [2.05, 4.69) is 29.0 Å². The molecule has 1 saturated heterocycles. The first-order valence-electron chi connectivity index (χ1n) is 4.09. The second kappa shape index (κ2) is 3.87. The monoisotopic (exact) mass is 185 g/mol. The second-order valence-corrected chi connectivity index (χ2v) is 3.34. The van der Waals surface area contributed by atoms with Gasteiger partial charge in [0.05, 0.1) is 12.3 Å². The standard InChI is InChI=1S/C8H15N3S/c1-4-5-11-7(3)9-6(2)10-8(11)12/h4,6-7,9H,1,5H2,2-3H3,(H,10,12). The van der Waals surface area contributed by atoms with Gasteiger partial charge in [-0.2, -0.15) is 0 Å². The van der Waals surface area contributed by atoms with Gasteiger partial charge in [0, 0.05) is 6.54 Å². The highest BCUT2D eigenvalue weighted by Crippen LogP contribution is 2.03. The van der Waals surface area contributed by atoms with E-state index in [9.17, 15) is 0 Å². The Labute approximate surface area is 78.8 Å². The molecule has 0 amide bonds. The summed E-state index contributed by atoms with van der Waals surface area (Å²) in [4.78, 5) is 2.06. The number of nitrogens with one attached hydrogen (secondary N) is 2. The van der Waals surface area contributed by atoms with Crippen LogP contribution in [0, 0.1) is 0 Å². The Morgan fingerprint density at radius 1 is 1.67 bits per heavy atom. The number of rotatable bonds is 2. The molecule has 0 spiro atoms. The summed E-state index contributed by atoms with van der Waals surface area (Å²) in [5, 5.41) is 7.27. The first kappa shape index (κ1) is 9.48. The van der Waals surface area contributed by atoms with Gasteiger partial charge in [-0.25, -0.2) is 0 Å². The molecule has 4 heteroatoms. The van der Waals surface area contributed by atoms with Crippen LogP contribution in [0.15, 0.2) is 12.7 Å². The summed E-state index contributed by atoms with van der Waals surface area (Å²) in [6, 6.07) is 0. The summed E-state index contributed by atoms with van der Waals surface area (Å²) in [7, 11) is 0. The van der Waals surface area contributed by atoms with Crippen molar-refractivity contribution in [2.75, 3.05) is 6.54 Å². The lowest BCUT2D eigenvalue weighted by atomic mass is 10.3. The van der Waals surface area contributed by atoms with Crippen molar-refractivity contribution in [3.63, 3.8) is 0 Å². The van der Waals surface area contributed by atoms with Crippen LogP contribution in [0.1, 0.15) is 13.8 Å². The van der Waals surface area contributed by atoms with E-state index in [1.165, 1.54) is 0 Å². The molecule has 2 unspecified atom stereocenters. The summed E-state index contributed by atoms with van der Waals surface area (Å²) in [5.74, 6) is 0. The second-order valence-electron chi connectivity index (χ2n) is 2.95. The third-order valence-corrected chi connectivity index (χ3v) is 2.24. The Balaban J connectivity index is 2.60. The van der Waals surface area contributed by atoms with Crippen molar-refractivity contribution in [1.29, 1.82) is 0 Å². The minimum atomic E-state index is 0.258. The highest BCUT2D eigenvalue weighted by molar-refractivity contribution is 7.80. The van der Waals surface area contributed by atoms with Gasteiger partial charge in [0.2, 0.25) is 0 Å². The quantitative estimate of drug-likeness (QED) is 0.488. The molecule has 0 bridgehead atoms. The molecule has 1 aliphatic rings. The summed E-state index contributed by atoms with van der Waals surface area (Å²) >= 11 is 5.17. The third-order valence-electron chi connectivity index (χ3n) is 1.89. The minimum Gasteiger partial charge on any atom is -0.347 e. The topological polar surface area (TPSA) is 27.3 Å². The van der Waals surface area contributed by atoms with Crippen LogP contribution in [0.25, 0.3) is 0 Å². The van der Waals surface area contributed by atoms with Gasteiger partial charge in [-0.05, 0) is 26.1 Å². The summed E-state index contributed by atoms with van der Waals surface area (Å²) in [6.45, 7) is 8.61. The van der Waals surface area contributed by atoms with Gasteiger partial charge in [-0.1, -0.05) is 6.08 Å². The molecule has 2 N–H and O–H groups in total. The van der Waals surface area contributed by atoms with Crippen LogP contribution in [-0.4, -0.2) is 28.9 Å². The molecule has 0 aromatic carbocycles. The predicted octanol–water partition coefficient (Wildman–Crippen LogP) is 0.644. The fourth-order valence-electron chi connectivity index (χ4n) is 1.32. The van der Waals surface area contributed by atoms with Crippen molar-refractivity contribution >= 4 is 17.3 Å². The maximum absolute atomic E-state index is 5.17. The third kappa shape index (κ3) is 1.95. The molecule has 2 atom stereocenters. The Kier molecular flexibility index (Phi) is 3.05. The molecular weight excluding hydrogens is 170 g/mol. The fraction of sp³-hybridized carbons (Fsp3) is 0.625. The molecule has 0 radical (unpaired) electrons. The smallest absolute Gasteiger partial charge is 0.171 e. The fourth-order valence-corrected chi connectivity index (χ4v) is 1.73. The maximum Gasteiger partial charge on any atom is 0.171 e. The Bertz CT molecular complexity index is 193. The number of hydrogen-bond acceptors (Lipinski definition) is 2. The number of hydrogen-bond donors (Lipinski definition) is 2. The maximum atomic E-state index is 5.17. The van der Waals surface area contributed by atoms with Gasteiger partial charge in [0.1, 0.15) is 0 Å². The number of nitrogens with zero attached hydrogens (tertiary/aromatic N) is 1. The molecular formula is C8H15N3S. The Hall–Kier alpha value is -0.610. The van der Waals surface area contributed by atoms with Crippen LogP contribution in [0.2, 0.25) is 0 Å². The van der Waals surface area contributed by atoms with E-state index >= 15 is 0 Å². The van der Waals surface area contributed by atoms with Gasteiger partial charge < -0.3 is 10.2 Å². The first-order valence-corrected chi connectivity index (χ1v) is 4.50. The highest BCUT2D eigenvalue weighted by atomic mass is 32.1. The van der Waals surface area contributed by atoms with Crippen molar-refractivity contribution < 1.29 is 0 Å². The molecule has 1 heterocycles. The van der Waals surface area contributed by atoms with E-state index in [0.29, 0.717) is 0 Å². The zero-order valence-corrected chi connectivity index (χ0v) is 8.32. The zero-order chi connectivity index (χ0) is 9.14. The molecule has 0 saturated carbocycles. The molecule has 0 aliphatic carbocycles.